The smallest absolute Gasteiger partial charge is 0.228 e. The summed E-state index contributed by atoms with van der Waals surface area (Å²) in [6, 6.07) is 0. The zero-order chi connectivity index (χ0) is 13.5. The number of hydrogen-bond acceptors (Lipinski definition) is 6. The number of imidazole rings is 1. The van der Waals surface area contributed by atoms with Crippen LogP contribution in [0.15, 0.2) is 18.7 Å². The average molecular weight is 282 g/mol. The van der Waals surface area contributed by atoms with Gasteiger partial charge in [0.2, 0.25) is 17.2 Å². The van der Waals surface area contributed by atoms with Gasteiger partial charge in [0.05, 0.1) is 6.33 Å². The molecular weight excluding hydrogens is 266 g/mol. The van der Waals surface area contributed by atoms with Crippen LogP contribution in [0.25, 0.3) is 0 Å². The predicted octanol–water partition coefficient (Wildman–Crippen LogP) is 1.66. The lowest BCUT2D eigenvalue weighted by Gasteiger charge is -2.07. The summed E-state index contributed by atoms with van der Waals surface area (Å²) in [7, 11) is 0. The van der Waals surface area contributed by atoms with Gasteiger partial charge in [0.1, 0.15) is 0 Å². The van der Waals surface area contributed by atoms with Crippen LogP contribution in [-0.4, -0.2) is 37.6 Å². The third-order valence-electron chi connectivity index (χ3n) is 2.38. The zero-order valence-electron chi connectivity index (χ0n) is 10.7. The molecule has 102 valence electrons. The van der Waals surface area contributed by atoms with Gasteiger partial charge in [0.15, 0.2) is 0 Å². The molecule has 0 saturated carbocycles. The molecule has 2 N–H and O–H groups in total. The van der Waals surface area contributed by atoms with E-state index in [0.717, 1.165) is 26.1 Å². The molecule has 0 saturated heterocycles. The van der Waals surface area contributed by atoms with E-state index in [1.54, 1.807) is 12.5 Å². The Labute approximate surface area is 116 Å². The largest absolute Gasteiger partial charge is 0.354 e. The van der Waals surface area contributed by atoms with Crippen molar-refractivity contribution >= 4 is 23.5 Å². The van der Waals surface area contributed by atoms with Crippen molar-refractivity contribution in [1.29, 1.82) is 0 Å². The van der Waals surface area contributed by atoms with Crippen molar-refractivity contribution in [2.24, 2.45) is 0 Å². The quantitative estimate of drug-likeness (QED) is 0.751. The van der Waals surface area contributed by atoms with Gasteiger partial charge in [-0.15, -0.1) is 0 Å². The van der Waals surface area contributed by atoms with Crippen LogP contribution in [-0.2, 0) is 6.54 Å². The fourth-order valence-electron chi connectivity index (χ4n) is 1.55. The van der Waals surface area contributed by atoms with Gasteiger partial charge < -0.3 is 15.2 Å². The summed E-state index contributed by atoms with van der Waals surface area (Å²) in [4.78, 5) is 16.2. The van der Waals surface area contributed by atoms with Crippen LogP contribution in [0.3, 0.4) is 0 Å². The molecule has 0 unspecified atom stereocenters. The van der Waals surface area contributed by atoms with Gasteiger partial charge in [-0.05, 0) is 24.9 Å². The maximum absolute atomic E-state index is 5.83. The summed E-state index contributed by atoms with van der Waals surface area (Å²) in [5, 5.41) is 6.31. The second-order valence-electron chi connectivity index (χ2n) is 3.86. The molecule has 0 radical (unpaired) electrons. The van der Waals surface area contributed by atoms with Gasteiger partial charge in [0.25, 0.3) is 0 Å². The second-order valence-corrected chi connectivity index (χ2v) is 4.20. The molecule has 2 aromatic heterocycles. The Balaban J connectivity index is 1.81. The number of hydrogen-bond donors (Lipinski definition) is 2. The van der Waals surface area contributed by atoms with Gasteiger partial charge in [-0.2, -0.15) is 15.0 Å². The Hall–Kier alpha value is -1.89. The summed E-state index contributed by atoms with van der Waals surface area (Å²) >= 11 is 5.83. The number of rotatable bonds is 7. The van der Waals surface area contributed by atoms with Gasteiger partial charge in [-0.3, -0.25) is 0 Å². The van der Waals surface area contributed by atoms with E-state index < -0.39 is 0 Å². The Morgan fingerprint density at radius 3 is 2.68 bits per heavy atom. The van der Waals surface area contributed by atoms with Crippen molar-refractivity contribution in [3.8, 4) is 0 Å². The van der Waals surface area contributed by atoms with E-state index in [4.69, 9.17) is 11.6 Å². The first kappa shape index (κ1) is 13.5. The molecule has 2 aromatic rings. The Kier molecular flexibility index (Phi) is 4.91. The van der Waals surface area contributed by atoms with Crippen molar-refractivity contribution in [2.75, 3.05) is 23.7 Å². The highest BCUT2D eigenvalue weighted by Crippen LogP contribution is 2.09. The summed E-state index contributed by atoms with van der Waals surface area (Å²) in [5.41, 5.74) is 0. The van der Waals surface area contributed by atoms with E-state index in [2.05, 4.69) is 30.6 Å². The van der Waals surface area contributed by atoms with E-state index in [-0.39, 0.29) is 5.28 Å². The van der Waals surface area contributed by atoms with Crippen LogP contribution in [0.2, 0.25) is 5.28 Å². The van der Waals surface area contributed by atoms with E-state index in [0.29, 0.717) is 11.9 Å². The highest BCUT2D eigenvalue weighted by Gasteiger charge is 2.03. The Morgan fingerprint density at radius 1 is 1.21 bits per heavy atom. The molecule has 0 aromatic carbocycles. The summed E-state index contributed by atoms with van der Waals surface area (Å²) < 4.78 is 2.02. The van der Waals surface area contributed by atoms with Crippen molar-refractivity contribution in [3.05, 3.63) is 24.0 Å². The highest BCUT2D eigenvalue weighted by molar-refractivity contribution is 6.28. The SMILES string of the molecule is CCNc1nc(Cl)nc(NCCCn2ccnc2)n1. The van der Waals surface area contributed by atoms with Gasteiger partial charge in [-0.25, -0.2) is 4.98 Å². The monoisotopic (exact) mass is 281 g/mol. The molecule has 2 heterocycles. The predicted molar refractivity (Wildman–Crippen MR) is 74.3 cm³/mol. The first-order chi connectivity index (χ1) is 9.28. The molecule has 0 bridgehead atoms. The van der Waals surface area contributed by atoms with Crippen LogP contribution in [0.5, 0.6) is 0 Å². The van der Waals surface area contributed by atoms with Gasteiger partial charge >= 0.3 is 0 Å². The van der Waals surface area contributed by atoms with Crippen LogP contribution < -0.4 is 10.6 Å². The van der Waals surface area contributed by atoms with E-state index >= 15 is 0 Å². The first-order valence-corrected chi connectivity index (χ1v) is 6.51. The molecule has 2 rings (SSSR count). The highest BCUT2D eigenvalue weighted by atomic mass is 35.5. The van der Waals surface area contributed by atoms with Crippen LogP contribution in [0.4, 0.5) is 11.9 Å². The molecule has 0 aliphatic heterocycles. The first-order valence-electron chi connectivity index (χ1n) is 6.13. The molecular formula is C11H16ClN7. The normalized spacial score (nSPS) is 10.4. The number of anilines is 2. The molecule has 7 nitrogen and oxygen atoms in total. The number of aromatic nitrogens is 5. The molecule has 0 fully saturated rings. The maximum Gasteiger partial charge on any atom is 0.228 e. The zero-order valence-corrected chi connectivity index (χ0v) is 11.4. The fraction of sp³-hybridized carbons (Fsp3) is 0.455. The van der Waals surface area contributed by atoms with E-state index in [1.165, 1.54) is 0 Å². The molecule has 0 amide bonds. The Bertz CT molecular complexity index is 500. The second kappa shape index (κ2) is 6.89. The molecule has 8 heteroatoms. The number of nitrogens with zero attached hydrogens (tertiary/aromatic N) is 5. The lowest BCUT2D eigenvalue weighted by molar-refractivity contribution is 0.659. The summed E-state index contributed by atoms with van der Waals surface area (Å²) in [5.74, 6) is 0.973. The molecule has 0 aliphatic rings. The maximum atomic E-state index is 5.83. The van der Waals surface area contributed by atoms with Crippen molar-refractivity contribution in [2.45, 2.75) is 19.9 Å². The minimum atomic E-state index is 0.183. The number of halogens is 1. The molecule has 0 spiro atoms. The molecule has 19 heavy (non-hydrogen) atoms. The number of aryl methyl sites for hydroxylation is 1. The van der Waals surface area contributed by atoms with Crippen molar-refractivity contribution in [3.63, 3.8) is 0 Å². The topological polar surface area (TPSA) is 80.5 Å². The summed E-state index contributed by atoms with van der Waals surface area (Å²) in [6.07, 6.45) is 6.43. The summed E-state index contributed by atoms with van der Waals surface area (Å²) in [6.45, 7) is 4.35. The van der Waals surface area contributed by atoms with Crippen LogP contribution in [0.1, 0.15) is 13.3 Å². The van der Waals surface area contributed by atoms with E-state index in [1.807, 2.05) is 17.7 Å². The van der Waals surface area contributed by atoms with E-state index in [9.17, 15) is 0 Å². The van der Waals surface area contributed by atoms with Crippen molar-refractivity contribution in [1.82, 2.24) is 24.5 Å². The third kappa shape index (κ3) is 4.36. The minimum Gasteiger partial charge on any atom is -0.354 e. The van der Waals surface area contributed by atoms with Crippen molar-refractivity contribution < 1.29 is 0 Å². The molecule has 0 atom stereocenters. The van der Waals surface area contributed by atoms with Gasteiger partial charge in [-0.1, -0.05) is 0 Å². The van der Waals surface area contributed by atoms with Crippen LogP contribution in [0, 0.1) is 0 Å². The standard InChI is InChI=1S/C11H16ClN7/c1-2-14-10-16-9(12)17-11(18-10)15-4-3-6-19-7-5-13-8-19/h5,7-8H,2-4,6H2,1H3,(H2,14,15,16,17,18). The third-order valence-corrected chi connectivity index (χ3v) is 2.55. The Morgan fingerprint density at radius 2 is 2.00 bits per heavy atom. The lowest BCUT2D eigenvalue weighted by Crippen LogP contribution is -2.11. The minimum absolute atomic E-state index is 0.183. The van der Waals surface area contributed by atoms with Crippen LogP contribution >= 0.6 is 11.6 Å². The lowest BCUT2D eigenvalue weighted by atomic mass is 10.4. The number of nitrogens with one attached hydrogen (secondary N) is 2. The average Bonchev–Trinajstić information content (AvgIpc) is 2.87. The molecule has 0 aliphatic carbocycles. The van der Waals surface area contributed by atoms with Gasteiger partial charge in [0, 0.05) is 32.0 Å². The fourth-order valence-corrected chi connectivity index (χ4v) is 1.71.